The van der Waals surface area contributed by atoms with Crippen molar-refractivity contribution in [2.24, 2.45) is 0 Å². The molecule has 0 radical (unpaired) electrons. The van der Waals surface area contributed by atoms with Gasteiger partial charge in [0, 0.05) is 43.1 Å². The van der Waals surface area contributed by atoms with Crippen LogP contribution in [0.15, 0.2) is 48.4 Å². The van der Waals surface area contributed by atoms with Crippen molar-refractivity contribution >= 4 is 17.3 Å². The van der Waals surface area contributed by atoms with Crippen molar-refractivity contribution in [1.29, 1.82) is 0 Å². The summed E-state index contributed by atoms with van der Waals surface area (Å²) >= 11 is 0. The number of pyridine rings is 1. The van der Waals surface area contributed by atoms with Crippen LogP contribution < -0.4 is 10.6 Å². The van der Waals surface area contributed by atoms with Gasteiger partial charge in [-0.1, -0.05) is 6.07 Å². The molecule has 5 rings (SSSR count). The zero-order valence-electron chi connectivity index (χ0n) is 26.6. The molecule has 1 saturated carbocycles. The number of aryl methyl sites for hydroxylation is 3. The Balaban J connectivity index is 0.000000600. The average Bonchev–Trinajstić information content (AvgIpc) is 3.46. The van der Waals surface area contributed by atoms with E-state index in [1.165, 1.54) is 40.5 Å². The Kier molecular flexibility index (Phi) is 10.00. The number of aromatic nitrogens is 3. The molecule has 2 aliphatic rings. The van der Waals surface area contributed by atoms with Crippen LogP contribution >= 0.6 is 0 Å². The summed E-state index contributed by atoms with van der Waals surface area (Å²) in [6, 6.07) is 10.9. The van der Waals surface area contributed by atoms with Gasteiger partial charge in [-0.25, -0.2) is 9.67 Å². The molecule has 1 aromatic carbocycles. The molecule has 1 aliphatic heterocycles. The first-order valence-corrected chi connectivity index (χ1v) is 15.2. The molecule has 8 nitrogen and oxygen atoms in total. The molecule has 228 valence electrons. The largest absolute Gasteiger partial charge is 0.516 e. The SMILES string of the molecule is Cc1ccc(NC(C)(C)C)cc1CCc1cc(Nc2cc3c(cn2)CN(CCO)C3)n(C(C)(C)C)n1.OC=C1CCC1. The van der Waals surface area contributed by atoms with E-state index in [4.69, 9.17) is 10.2 Å². The van der Waals surface area contributed by atoms with E-state index in [0.29, 0.717) is 6.54 Å². The molecule has 0 amide bonds. The summed E-state index contributed by atoms with van der Waals surface area (Å²) in [5.41, 5.74) is 8.44. The van der Waals surface area contributed by atoms with Gasteiger partial charge in [-0.15, -0.1) is 0 Å². The first kappa shape index (κ1) is 31.6. The molecular weight excluding hydrogens is 524 g/mol. The van der Waals surface area contributed by atoms with Gasteiger partial charge in [-0.2, -0.15) is 5.10 Å². The van der Waals surface area contributed by atoms with Crippen LogP contribution in [0.3, 0.4) is 0 Å². The first-order valence-electron chi connectivity index (χ1n) is 15.2. The van der Waals surface area contributed by atoms with Crippen LogP contribution in [0.1, 0.15) is 88.8 Å². The smallest absolute Gasteiger partial charge is 0.131 e. The number of aliphatic hydroxyl groups is 2. The van der Waals surface area contributed by atoms with Gasteiger partial charge < -0.3 is 20.8 Å². The molecule has 0 atom stereocenters. The zero-order chi connectivity index (χ0) is 30.5. The maximum absolute atomic E-state index is 9.27. The highest BCUT2D eigenvalue weighted by molar-refractivity contribution is 5.55. The number of aliphatic hydroxyl groups excluding tert-OH is 2. The third-order valence-corrected chi connectivity index (χ3v) is 7.64. The molecule has 3 aromatic rings. The van der Waals surface area contributed by atoms with E-state index in [0.717, 1.165) is 61.8 Å². The highest BCUT2D eigenvalue weighted by Gasteiger charge is 2.22. The van der Waals surface area contributed by atoms with Crippen LogP contribution in [0.2, 0.25) is 0 Å². The Morgan fingerprint density at radius 2 is 1.71 bits per heavy atom. The lowest BCUT2D eigenvalue weighted by Crippen LogP contribution is -2.26. The van der Waals surface area contributed by atoms with Crippen molar-refractivity contribution in [1.82, 2.24) is 19.7 Å². The van der Waals surface area contributed by atoms with Gasteiger partial charge in [0.15, 0.2) is 0 Å². The molecule has 1 fully saturated rings. The van der Waals surface area contributed by atoms with Crippen LogP contribution in [-0.2, 0) is 31.5 Å². The summed E-state index contributed by atoms with van der Waals surface area (Å²) in [5.74, 6) is 1.78. The normalized spacial score (nSPS) is 15.0. The van der Waals surface area contributed by atoms with Gasteiger partial charge in [0.25, 0.3) is 0 Å². The number of rotatable bonds is 8. The van der Waals surface area contributed by atoms with E-state index < -0.39 is 0 Å². The number of hydrogen-bond acceptors (Lipinski definition) is 7. The molecule has 0 bridgehead atoms. The van der Waals surface area contributed by atoms with Crippen LogP contribution in [-0.4, -0.2) is 48.6 Å². The predicted molar refractivity (Wildman–Crippen MR) is 172 cm³/mol. The topological polar surface area (TPSA) is 98.5 Å². The molecule has 4 N–H and O–H groups in total. The fourth-order valence-corrected chi connectivity index (χ4v) is 5.23. The van der Waals surface area contributed by atoms with E-state index in [2.05, 4.69) is 104 Å². The van der Waals surface area contributed by atoms with E-state index in [-0.39, 0.29) is 17.7 Å². The fraction of sp³-hybridized carbons (Fsp3) is 0.529. The number of hydrogen-bond donors (Lipinski definition) is 4. The average molecular weight is 575 g/mol. The van der Waals surface area contributed by atoms with Gasteiger partial charge in [0.05, 0.1) is 24.1 Å². The van der Waals surface area contributed by atoms with Crippen LogP contribution in [0.4, 0.5) is 17.3 Å². The fourth-order valence-electron chi connectivity index (χ4n) is 5.23. The number of fused-ring (bicyclic) bond motifs is 1. The summed E-state index contributed by atoms with van der Waals surface area (Å²) in [5, 5.41) is 29.6. The Labute approximate surface area is 251 Å². The molecule has 3 heterocycles. The minimum absolute atomic E-state index is 0.0291. The monoisotopic (exact) mass is 574 g/mol. The highest BCUT2D eigenvalue weighted by Crippen LogP contribution is 2.29. The molecule has 0 saturated heterocycles. The zero-order valence-corrected chi connectivity index (χ0v) is 26.6. The molecule has 8 heteroatoms. The molecule has 42 heavy (non-hydrogen) atoms. The second-order valence-electron chi connectivity index (χ2n) is 13.7. The van der Waals surface area contributed by atoms with Gasteiger partial charge in [0.1, 0.15) is 11.6 Å². The number of allylic oxidation sites excluding steroid dienone is 1. The minimum Gasteiger partial charge on any atom is -0.516 e. The Hall–Kier alpha value is -3.36. The number of benzene rings is 1. The molecule has 0 unspecified atom stereocenters. The Bertz CT molecular complexity index is 1370. The number of nitrogens with zero attached hydrogens (tertiary/aromatic N) is 4. The van der Waals surface area contributed by atoms with Gasteiger partial charge in [0.2, 0.25) is 0 Å². The minimum atomic E-state index is -0.165. The van der Waals surface area contributed by atoms with Crippen molar-refractivity contribution < 1.29 is 10.2 Å². The van der Waals surface area contributed by atoms with Crippen molar-refractivity contribution in [3.63, 3.8) is 0 Å². The van der Waals surface area contributed by atoms with E-state index >= 15 is 0 Å². The third kappa shape index (κ3) is 8.58. The van der Waals surface area contributed by atoms with Crippen molar-refractivity contribution in [3.05, 3.63) is 76.3 Å². The summed E-state index contributed by atoms with van der Waals surface area (Å²) < 4.78 is 2.07. The summed E-state index contributed by atoms with van der Waals surface area (Å²) in [4.78, 5) is 6.91. The third-order valence-electron chi connectivity index (χ3n) is 7.64. The number of anilines is 3. The van der Waals surface area contributed by atoms with Gasteiger partial charge >= 0.3 is 0 Å². The second kappa shape index (κ2) is 13.3. The summed E-state index contributed by atoms with van der Waals surface area (Å²) in [6.45, 7) is 17.8. The van der Waals surface area contributed by atoms with Gasteiger partial charge in [-0.3, -0.25) is 4.90 Å². The summed E-state index contributed by atoms with van der Waals surface area (Å²) in [6.07, 6.45) is 8.49. The molecule has 2 aromatic heterocycles. The van der Waals surface area contributed by atoms with E-state index in [1.807, 2.05) is 6.20 Å². The van der Waals surface area contributed by atoms with Crippen molar-refractivity contribution in [3.8, 4) is 0 Å². The maximum Gasteiger partial charge on any atom is 0.131 e. The predicted octanol–water partition coefficient (Wildman–Crippen LogP) is 7.00. The first-order chi connectivity index (χ1) is 19.8. The summed E-state index contributed by atoms with van der Waals surface area (Å²) in [7, 11) is 0. The highest BCUT2D eigenvalue weighted by atomic mass is 16.3. The van der Waals surface area contributed by atoms with Crippen molar-refractivity contribution in [2.45, 2.75) is 105 Å². The lowest BCUT2D eigenvalue weighted by Gasteiger charge is -2.23. The molecule has 0 spiro atoms. The Morgan fingerprint density at radius 1 is 0.976 bits per heavy atom. The van der Waals surface area contributed by atoms with Crippen LogP contribution in [0.5, 0.6) is 0 Å². The molecule has 1 aliphatic carbocycles. The quantitative estimate of drug-likeness (QED) is 0.215. The Morgan fingerprint density at radius 3 is 2.31 bits per heavy atom. The second-order valence-corrected chi connectivity index (χ2v) is 13.7. The van der Waals surface area contributed by atoms with Crippen LogP contribution in [0.25, 0.3) is 0 Å². The number of nitrogens with one attached hydrogen (secondary N) is 2. The molecular formula is C34H50N6O2. The lowest BCUT2D eigenvalue weighted by molar-refractivity contribution is 0.198. The number of β-amino-alcohol motifs (C(OH)–C–C–N with tert-alkyl or cyclic N) is 1. The lowest BCUT2D eigenvalue weighted by atomic mass is 9.94. The van der Waals surface area contributed by atoms with Gasteiger partial charge in [-0.05, 0) is 127 Å². The van der Waals surface area contributed by atoms with Crippen LogP contribution in [0, 0.1) is 6.92 Å². The van der Waals surface area contributed by atoms with Crippen molar-refractivity contribution in [2.75, 3.05) is 23.8 Å². The standard InChI is InChI=1S/C29H42N6O.C5H8O/c1-20-8-10-24(32-28(2,3)4)14-21(20)9-11-25-16-27(35(33-25)29(5,6)7)31-26-15-22-18-34(12-13-36)19-23(22)17-30-26;6-4-5-2-1-3-5/h8,10,14-17,32,36H,9,11-13,18-19H2,1-7H3,(H,30,31);4,6H,1-3H2. The van der Waals surface area contributed by atoms with E-state index in [1.54, 1.807) is 0 Å². The maximum atomic E-state index is 9.27. The van der Waals surface area contributed by atoms with E-state index in [9.17, 15) is 5.11 Å².